The first-order valence-corrected chi connectivity index (χ1v) is 8.21. The number of benzene rings is 1. The van der Waals surface area contributed by atoms with Crippen molar-refractivity contribution in [3.63, 3.8) is 0 Å². The van der Waals surface area contributed by atoms with Crippen LogP contribution in [0.25, 0.3) is 0 Å². The summed E-state index contributed by atoms with van der Waals surface area (Å²) in [5.41, 5.74) is 0.597. The van der Waals surface area contributed by atoms with Crippen LogP contribution in [0.15, 0.2) is 18.2 Å². The zero-order chi connectivity index (χ0) is 15.8. The van der Waals surface area contributed by atoms with Crippen molar-refractivity contribution in [2.75, 3.05) is 19.9 Å². The number of methoxy groups -OCH3 is 1. The van der Waals surface area contributed by atoms with Gasteiger partial charge in [0.05, 0.1) is 7.11 Å². The van der Waals surface area contributed by atoms with Gasteiger partial charge in [-0.2, -0.15) is 8.78 Å². The van der Waals surface area contributed by atoms with Gasteiger partial charge in [-0.15, -0.1) is 0 Å². The van der Waals surface area contributed by atoms with Crippen molar-refractivity contribution in [3.05, 3.63) is 23.8 Å². The summed E-state index contributed by atoms with van der Waals surface area (Å²) in [5, 5.41) is 3.23. The fourth-order valence-electron chi connectivity index (χ4n) is 1.78. The lowest BCUT2D eigenvalue weighted by atomic mass is 10.2. The van der Waals surface area contributed by atoms with Gasteiger partial charge in [-0.25, -0.2) is 0 Å². The fourth-order valence-corrected chi connectivity index (χ4v) is 2.23. The standard InChI is InChI=1S/C14H21F2NO3S/c1-10(21(3)18)7-8-17-9-11-5-4-6-12(19-2)13(11)20-14(15)16/h4-6,10,14,17H,7-9H2,1-3H3. The molecule has 0 aliphatic rings. The second-order valence-corrected chi connectivity index (χ2v) is 6.40. The lowest BCUT2D eigenvalue weighted by molar-refractivity contribution is -0.0518. The average Bonchev–Trinajstić information content (AvgIpc) is 2.43. The quantitative estimate of drug-likeness (QED) is 0.710. The second kappa shape index (κ2) is 8.94. The molecule has 4 nitrogen and oxygen atoms in total. The van der Waals surface area contributed by atoms with Crippen molar-refractivity contribution in [1.82, 2.24) is 5.32 Å². The van der Waals surface area contributed by atoms with Gasteiger partial charge in [0.2, 0.25) is 0 Å². The van der Waals surface area contributed by atoms with Gasteiger partial charge < -0.3 is 14.8 Å². The fraction of sp³-hybridized carbons (Fsp3) is 0.571. The Bertz CT molecular complexity index is 472. The monoisotopic (exact) mass is 321 g/mol. The molecule has 2 unspecified atom stereocenters. The molecule has 2 atom stereocenters. The molecule has 1 aromatic rings. The van der Waals surface area contributed by atoms with Crippen molar-refractivity contribution in [2.45, 2.75) is 31.8 Å². The molecule has 0 fully saturated rings. The Labute approximate surface area is 126 Å². The van der Waals surface area contributed by atoms with Crippen LogP contribution in [-0.4, -0.2) is 36.0 Å². The third kappa shape index (κ3) is 5.97. The Morgan fingerprint density at radius 2 is 2.10 bits per heavy atom. The molecule has 0 heterocycles. The first-order valence-electron chi connectivity index (χ1n) is 6.59. The molecule has 0 bridgehead atoms. The van der Waals surface area contributed by atoms with Gasteiger partial charge in [-0.05, 0) is 19.0 Å². The van der Waals surface area contributed by atoms with Crippen molar-refractivity contribution >= 4 is 10.8 Å². The molecule has 0 radical (unpaired) electrons. The van der Waals surface area contributed by atoms with Crippen molar-refractivity contribution in [3.8, 4) is 11.5 Å². The van der Waals surface area contributed by atoms with Gasteiger partial charge in [0.25, 0.3) is 0 Å². The Kier molecular flexibility index (Phi) is 7.60. The molecule has 0 aliphatic carbocycles. The minimum Gasteiger partial charge on any atom is -0.493 e. The lowest BCUT2D eigenvalue weighted by Crippen LogP contribution is -2.21. The zero-order valence-electron chi connectivity index (χ0n) is 12.4. The number of nitrogens with one attached hydrogen (secondary N) is 1. The van der Waals surface area contributed by atoms with Crippen LogP contribution in [0.5, 0.6) is 11.5 Å². The summed E-state index contributed by atoms with van der Waals surface area (Å²) >= 11 is 0. The maximum Gasteiger partial charge on any atom is 0.387 e. The first kappa shape index (κ1) is 17.8. The summed E-state index contributed by atoms with van der Waals surface area (Å²) in [7, 11) is 0.546. The topological polar surface area (TPSA) is 47.6 Å². The molecule has 1 rings (SSSR count). The number of halogens is 2. The van der Waals surface area contributed by atoms with Gasteiger partial charge in [-0.1, -0.05) is 19.1 Å². The van der Waals surface area contributed by atoms with Crippen LogP contribution in [0.3, 0.4) is 0 Å². The van der Waals surface area contributed by atoms with E-state index in [1.807, 2.05) is 6.92 Å². The molecule has 0 saturated carbocycles. The average molecular weight is 321 g/mol. The minimum absolute atomic E-state index is 0.0506. The molecule has 7 heteroatoms. The molecule has 0 saturated heterocycles. The Balaban J connectivity index is 2.63. The molecule has 0 aromatic heterocycles. The van der Waals surface area contributed by atoms with E-state index in [1.54, 1.807) is 24.5 Å². The normalized spacial score (nSPS) is 14.0. The highest BCUT2D eigenvalue weighted by molar-refractivity contribution is 7.84. The van der Waals surface area contributed by atoms with Gasteiger partial charge in [-0.3, -0.25) is 4.21 Å². The summed E-state index contributed by atoms with van der Waals surface area (Å²) in [6.07, 6.45) is 2.42. The Morgan fingerprint density at radius 3 is 2.67 bits per heavy atom. The zero-order valence-corrected chi connectivity index (χ0v) is 13.2. The van der Waals surface area contributed by atoms with E-state index in [4.69, 9.17) is 4.74 Å². The minimum atomic E-state index is -2.90. The van der Waals surface area contributed by atoms with Crippen LogP contribution in [0.2, 0.25) is 0 Å². The van der Waals surface area contributed by atoms with Crippen LogP contribution >= 0.6 is 0 Å². The van der Waals surface area contributed by atoms with E-state index in [1.165, 1.54) is 7.11 Å². The molecule has 0 amide bonds. The van der Waals surface area contributed by atoms with E-state index in [2.05, 4.69) is 10.1 Å². The number of rotatable bonds is 9. The summed E-state index contributed by atoms with van der Waals surface area (Å²) in [5.74, 6) is 0.326. The van der Waals surface area contributed by atoms with E-state index < -0.39 is 17.4 Å². The molecule has 21 heavy (non-hydrogen) atoms. The lowest BCUT2D eigenvalue weighted by Gasteiger charge is -2.15. The van der Waals surface area contributed by atoms with E-state index in [9.17, 15) is 13.0 Å². The van der Waals surface area contributed by atoms with E-state index >= 15 is 0 Å². The summed E-state index contributed by atoms with van der Waals surface area (Å²) in [4.78, 5) is 0. The molecule has 0 spiro atoms. The number of para-hydroxylation sites is 1. The second-order valence-electron chi connectivity index (χ2n) is 4.60. The highest BCUT2D eigenvalue weighted by Crippen LogP contribution is 2.32. The molecular weight excluding hydrogens is 300 g/mol. The summed E-state index contributed by atoms with van der Waals surface area (Å²) in [6, 6.07) is 5.00. The Hall–Kier alpha value is -1.21. The number of ether oxygens (including phenoxy) is 2. The number of hydrogen-bond acceptors (Lipinski definition) is 4. The first-order chi connectivity index (χ1) is 9.95. The highest BCUT2D eigenvalue weighted by atomic mass is 32.2. The predicted octanol–water partition coefficient (Wildman–Crippen LogP) is 2.54. The van der Waals surface area contributed by atoms with Crippen LogP contribution in [0, 0.1) is 0 Å². The predicted molar refractivity (Wildman–Crippen MR) is 79.5 cm³/mol. The van der Waals surface area contributed by atoms with E-state index in [0.29, 0.717) is 18.7 Å². The van der Waals surface area contributed by atoms with Crippen molar-refractivity contribution in [2.24, 2.45) is 0 Å². The molecule has 1 N–H and O–H groups in total. The van der Waals surface area contributed by atoms with Gasteiger partial charge >= 0.3 is 6.61 Å². The van der Waals surface area contributed by atoms with E-state index in [0.717, 1.165) is 6.42 Å². The molecule has 120 valence electrons. The summed E-state index contributed by atoms with van der Waals surface area (Å²) < 4.78 is 45.7. The smallest absolute Gasteiger partial charge is 0.387 e. The number of hydrogen-bond donors (Lipinski definition) is 1. The number of alkyl halides is 2. The molecule has 1 aromatic carbocycles. The molecule has 0 aliphatic heterocycles. The van der Waals surface area contributed by atoms with Crippen LogP contribution in [0.4, 0.5) is 8.78 Å². The summed E-state index contributed by atoms with van der Waals surface area (Å²) in [6.45, 7) is 0.0332. The SMILES string of the molecule is COc1cccc(CNCCC(C)S(C)=O)c1OC(F)F. The van der Waals surface area contributed by atoms with Crippen LogP contribution in [0.1, 0.15) is 18.9 Å². The Morgan fingerprint density at radius 1 is 1.38 bits per heavy atom. The van der Waals surface area contributed by atoms with Gasteiger partial charge in [0.1, 0.15) is 0 Å². The maximum atomic E-state index is 12.5. The largest absolute Gasteiger partial charge is 0.493 e. The highest BCUT2D eigenvalue weighted by Gasteiger charge is 2.15. The molecular formula is C14H21F2NO3S. The van der Waals surface area contributed by atoms with E-state index in [-0.39, 0.29) is 16.7 Å². The van der Waals surface area contributed by atoms with Crippen molar-refractivity contribution in [1.29, 1.82) is 0 Å². The van der Waals surface area contributed by atoms with Gasteiger partial charge in [0.15, 0.2) is 11.5 Å². The maximum absolute atomic E-state index is 12.5. The van der Waals surface area contributed by atoms with Crippen LogP contribution in [-0.2, 0) is 17.3 Å². The van der Waals surface area contributed by atoms with Gasteiger partial charge in [0, 0.05) is 34.4 Å². The third-order valence-corrected chi connectivity index (χ3v) is 4.47. The third-order valence-electron chi connectivity index (χ3n) is 3.10. The van der Waals surface area contributed by atoms with Crippen LogP contribution < -0.4 is 14.8 Å². The van der Waals surface area contributed by atoms with Crippen molar-refractivity contribution < 1.29 is 22.5 Å².